The molecule has 1 aliphatic heterocycles. The number of likely N-dealkylation sites (tertiary alicyclic amines) is 1. The van der Waals surface area contributed by atoms with E-state index in [0.29, 0.717) is 19.5 Å². The van der Waals surface area contributed by atoms with Crippen molar-refractivity contribution in [1.82, 2.24) is 15.2 Å². The molecule has 92 valence electrons. The van der Waals surface area contributed by atoms with Crippen LogP contribution in [0.4, 0.5) is 0 Å². The molecule has 2 amide bonds. The van der Waals surface area contributed by atoms with Gasteiger partial charge in [-0.3, -0.25) is 9.59 Å². The number of nitrogens with zero attached hydrogens (tertiary/aromatic N) is 2. The second kappa shape index (κ2) is 4.83. The van der Waals surface area contributed by atoms with Gasteiger partial charge in [0.1, 0.15) is 5.01 Å². The zero-order chi connectivity index (χ0) is 12.4. The van der Waals surface area contributed by atoms with Crippen molar-refractivity contribution in [3.8, 4) is 0 Å². The summed E-state index contributed by atoms with van der Waals surface area (Å²) >= 11 is 1.53. The fourth-order valence-electron chi connectivity index (χ4n) is 1.83. The first-order valence-corrected chi connectivity index (χ1v) is 6.37. The molecule has 1 fully saturated rings. The van der Waals surface area contributed by atoms with Gasteiger partial charge in [-0.15, -0.1) is 11.3 Å². The normalized spacial score (nSPS) is 19.8. The molecule has 0 unspecified atom stereocenters. The maximum absolute atomic E-state index is 11.8. The summed E-state index contributed by atoms with van der Waals surface area (Å²) in [6.45, 7) is 2.89. The first-order valence-electron chi connectivity index (χ1n) is 5.49. The summed E-state index contributed by atoms with van der Waals surface area (Å²) in [7, 11) is 1.72. The van der Waals surface area contributed by atoms with E-state index < -0.39 is 0 Å². The molecule has 2 heterocycles. The Labute approximate surface area is 104 Å². The van der Waals surface area contributed by atoms with Gasteiger partial charge in [0.15, 0.2) is 0 Å². The summed E-state index contributed by atoms with van der Waals surface area (Å²) in [6, 6.07) is 0. The SMILES string of the molecule is Cc1csc(CNC(=O)[C@@H]2CC(=O)N(C)C2)n1. The Morgan fingerprint density at radius 3 is 3.00 bits per heavy atom. The van der Waals surface area contributed by atoms with Gasteiger partial charge in [0.25, 0.3) is 0 Å². The lowest BCUT2D eigenvalue weighted by molar-refractivity contribution is -0.128. The quantitative estimate of drug-likeness (QED) is 0.855. The van der Waals surface area contributed by atoms with E-state index in [2.05, 4.69) is 10.3 Å². The number of carbonyl (C=O) groups excluding carboxylic acids is 2. The minimum Gasteiger partial charge on any atom is -0.349 e. The second-order valence-electron chi connectivity index (χ2n) is 4.28. The summed E-state index contributed by atoms with van der Waals surface area (Å²) in [5, 5.41) is 5.67. The van der Waals surface area contributed by atoms with Gasteiger partial charge in [0.2, 0.25) is 11.8 Å². The fourth-order valence-corrected chi connectivity index (χ4v) is 2.54. The monoisotopic (exact) mass is 253 g/mol. The Balaban J connectivity index is 1.84. The summed E-state index contributed by atoms with van der Waals surface area (Å²) in [5.41, 5.74) is 0.968. The van der Waals surface area contributed by atoms with Crippen LogP contribution in [0.3, 0.4) is 0 Å². The summed E-state index contributed by atoms with van der Waals surface area (Å²) in [5.74, 6) is -0.237. The smallest absolute Gasteiger partial charge is 0.225 e. The molecule has 1 aromatic rings. The van der Waals surface area contributed by atoms with Crippen molar-refractivity contribution in [3.63, 3.8) is 0 Å². The Kier molecular flexibility index (Phi) is 3.42. The Morgan fingerprint density at radius 1 is 1.71 bits per heavy atom. The maximum Gasteiger partial charge on any atom is 0.225 e. The number of aryl methyl sites for hydroxylation is 1. The molecule has 0 aliphatic carbocycles. The van der Waals surface area contributed by atoms with Crippen LogP contribution in [0.1, 0.15) is 17.1 Å². The lowest BCUT2D eigenvalue weighted by Crippen LogP contribution is -2.31. The van der Waals surface area contributed by atoms with Crippen molar-refractivity contribution in [2.24, 2.45) is 5.92 Å². The lowest BCUT2D eigenvalue weighted by atomic mass is 10.1. The third-order valence-electron chi connectivity index (χ3n) is 2.79. The van der Waals surface area contributed by atoms with Crippen LogP contribution in [0.15, 0.2) is 5.38 Å². The van der Waals surface area contributed by atoms with Crippen molar-refractivity contribution in [1.29, 1.82) is 0 Å². The number of amides is 2. The van der Waals surface area contributed by atoms with Crippen LogP contribution < -0.4 is 5.32 Å². The molecular formula is C11H15N3O2S. The van der Waals surface area contributed by atoms with Gasteiger partial charge in [-0.05, 0) is 6.92 Å². The lowest BCUT2D eigenvalue weighted by Gasteiger charge is -2.09. The van der Waals surface area contributed by atoms with Crippen LogP contribution in [0, 0.1) is 12.8 Å². The molecule has 1 atom stereocenters. The number of carbonyl (C=O) groups is 2. The molecule has 1 aliphatic rings. The molecule has 6 heteroatoms. The first-order chi connectivity index (χ1) is 8.06. The second-order valence-corrected chi connectivity index (χ2v) is 5.22. The highest BCUT2D eigenvalue weighted by molar-refractivity contribution is 7.09. The summed E-state index contributed by atoms with van der Waals surface area (Å²) in [6.07, 6.45) is 0.319. The number of nitrogens with one attached hydrogen (secondary N) is 1. The van der Waals surface area contributed by atoms with Crippen LogP contribution in [-0.4, -0.2) is 35.3 Å². The van der Waals surface area contributed by atoms with E-state index in [-0.39, 0.29) is 17.7 Å². The third kappa shape index (κ3) is 2.82. The van der Waals surface area contributed by atoms with Gasteiger partial charge >= 0.3 is 0 Å². The van der Waals surface area contributed by atoms with E-state index in [0.717, 1.165) is 10.7 Å². The van der Waals surface area contributed by atoms with Crippen LogP contribution in [0.25, 0.3) is 0 Å². The minimum atomic E-state index is -0.214. The average Bonchev–Trinajstić information content (AvgIpc) is 2.83. The van der Waals surface area contributed by atoms with Crippen molar-refractivity contribution >= 4 is 23.2 Å². The van der Waals surface area contributed by atoms with Gasteiger partial charge in [-0.25, -0.2) is 4.98 Å². The molecule has 0 saturated carbocycles. The van der Waals surface area contributed by atoms with Gasteiger partial charge < -0.3 is 10.2 Å². The first kappa shape index (κ1) is 12.0. The third-order valence-corrected chi connectivity index (χ3v) is 3.76. The van der Waals surface area contributed by atoms with E-state index in [4.69, 9.17) is 0 Å². The van der Waals surface area contributed by atoms with Crippen molar-refractivity contribution in [3.05, 3.63) is 16.1 Å². The molecule has 1 saturated heterocycles. The predicted octanol–water partition coefficient (Wildman–Crippen LogP) is 0.546. The van der Waals surface area contributed by atoms with Crippen molar-refractivity contribution < 1.29 is 9.59 Å². The maximum atomic E-state index is 11.8. The zero-order valence-electron chi connectivity index (χ0n) is 9.90. The topological polar surface area (TPSA) is 62.3 Å². The highest BCUT2D eigenvalue weighted by Crippen LogP contribution is 2.16. The standard InChI is InChI=1S/C11H15N3O2S/c1-7-6-17-9(13-7)4-12-11(16)8-3-10(15)14(2)5-8/h6,8H,3-5H2,1-2H3,(H,12,16)/t8-/m1/s1. The average molecular weight is 253 g/mol. The number of rotatable bonds is 3. The highest BCUT2D eigenvalue weighted by atomic mass is 32.1. The Bertz CT molecular complexity index is 444. The van der Waals surface area contributed by atoms with Crippen LogP contribution >= 0.6 is 11.3 Å². The number of hydrogen-bond donors (Lipinski definition) is 1. The van der Waals surface area contributed by atoms with E-state index in [1.54, 1.807) is 11.9 Å². The molecule has 0 spiro atoms. The predicted molar refractivity (Wildman–Crippen MR) is 64.4 cm³/mol. The molecular weight excluding hydrogens is 238 g/mol. The van der Waals surface area contributed by atoms with E-state index in [1.807, 2.05) is 12.3 Å². The van der Waals surface area contributed by atoms with E-state index in [9.17, 15) is 9.59 Å². The molecule has 17 heavy (non-hydrogen) atoms. The molecule has 1 N–H and O–H groups in total. The van der Waals surface area contributed by atoms with Gasteiger partial charge in [0.05, 0.1) is 12.5 Å². The fraction of sp³-hybridized carbons (Fsp3) is 0.545. The Hall–Kier alpha value is -1.43. The molecule has 0 radical (unpaired) electrons. The van der Waals surface area contributed by atoms with Crippen LogP contribution in [-0.2, 0) is 16.1 Å². The van der Waals surface area contributed by atoms with E-state index in [1.165, 1.54) is 11.3 Å². The van der Waals surface area contributed by atoms with Crippen LogP contribution in [0.2, 0.25) is 0 Å². The summed E-state index contributed by atoms with van der Waals surface area (Å²) in [4.78, 5) is 29.0. The zero-order valence-corrected chi connectivity index (χ0v) is 10.7. The number of aromatic nitrogens is 1. The molecule has 5 nitrogen and oxygen atoms in total. The van der Waals surface area contributed by atoms with Crippen LogP contribution in [0.5, 0.6) is 0 Å². The van der Waals surface area contributed by atoms with Gasteiger partial charge in [-0.1, -0.05) is 0 Å². The van der Waals surface area contributed by atoms with Crippen molar-refractivity contribution in [2.45, 2.75) is 19.9 Å². The van der Waals surface area contributed by atoms with Crippen molar-refractivity contribution in [2.75, 3.05) is 13.6 Å². The number of thiazole rings is 1. The largest absolute Gasteiger partial charge is 0.349 e. The molecule has 1 aromatic heterocycles. The number of hydrogen-bond acceptors (Lipinski definition) is 4. The van der Waals surface area contributed by atoms with Gasteiger partial charge in [0, 0.05) is 31.1 Å². The molecule has 0 bridgehead atoms. The van der Waals surface area contributed by atoms with E-state index >= 15 is 0 Å². The molecule has 0 aromatic carbocycles. The molecule has 2 rings (SSSR count). The highest BCUT2D eigenvalue weighted by Gasteiger charge is 2.31. The summed E-state index contributed by atoms with van der Waals surface area (Å²) < 4.78 is 0. The Morgan fingerprint density at radius 2 is 2.47 bits per heavy atom. The minimum absolute atomic E-state index is 0.0373. The van der Waals surface area contributed by atoms with Gasteiger partial charge in [-0.2, -0.15) is 0 Å².